The predicted molar refractivity (Wildman–Crippen MR) is 97.8 cm³/mol. The molecule has 1 N–H and O–H groups in total. The number of benzene rings is 1. The summed E-state index contributed by atoms with van der Waals surface area (Å²) in [4.78, 5) is 11.8. The lowest BCUT2D eigenvalue weighted by Crippen LogP contribution is -2.43. The van der Waals surface area contributed by atoms with Gasteiger partial charge in [-0.3, -0.25) is 0 Å². The highest BCUT2D eigenvalue weighted by Crippen LogP contribution is 2.45. The highest BCUT2D eigenvalue weighted by molar-refractivity contribution is 9.10. The highest BCUT2D eigenvalue weighted by Gasteiger charge is 2.48. The normalized spacial score (nSPS) is 19.6. The van der Waals surface area contributed by atoms with Crippen LogP contribution in [0, 0.1) is 11.3 Å². The first kappa shape index (κ1) is 20.7. The molecular formula is C18H13BrClF3N2O3. The van der Waals surface area contributed by atoms with Crippen molar-refractivity contribution in [3.63, 3.8) is 0 Å². The molecule has 1 aromatic carbocycles. The van der Waals surface area contributed by atoms with Gasteiger partial charge in [-0.15, -0.1) is 0 Å². The topological polar surface area (TPSA) is 75.2 Å². The molecule has 0 spiro atoms. The Balaban J connectivity index is 2.31. The lowest BCUT2D eigenvalue weighted by Gasteiger charge is -2.27. The van der Waals surface area contributed by atoms with E-state index in [4.69, 9.17) is 16.3 Å². The second-order valence-electron chi connectivity index (χ2n) is 6.34. The van der Waals surface area contributed by atoms with E-state index >= 15 is 0 Å². The van der Waals surface area contributed by atoms with Gasteiger partial charge < -0.3 is 14.4 Å². The van der Waals surface area contributed by atoms with Crippen LogP contribution in [0.4, 0.5) is 13.2 Å². The number of nitrogens with zero attached hydrogens (tertiary/aromatic N) is 2. The van der Waals surface area contributed by atoms with Crippen molar-refractivity contribution >= 4 is 33.5 Å². The Morgan fingerprint density at radius 2 is 2.04 bits per heavy atom. The fourth-order valence-corrected chi connectivity index (χ4v) is 4.19. The number of nitriles is 1. The molecule has 1 fully saturated rings. The van der Waals surface area contributed by atoms with Gasteiger partial charge in [0.2, 0.25) is 0 Å². The zero-order valence-corrected chi connectivity index (χ0v) is 16.5. The minimum Gasteiger partial charge on any atom is -0.479 e. The summed E-state index contributed by atoms with van der Waals surface area (Å²) in [5, 5.41) is 19.5. The van der Waals surface area contributed by atoms with E-state index in [0.29, 0.717) is 17.0 Å². The van der Waals surface area contributed by atoms with Crippen LogP contribution >= 0.6 is 27.5 Å². The second kappa shape index (κ2) is 7.43. The van der Waals surface area contributed by atoms with Crippen molar-refractivity contribution in [2.24, 2.45) is 0 Å². The number of hydrogen-bond donors (Lipinski definition) is 1. The van der Waals surface area contributed by atoms with Gasteiger partial charge in [-0.2, -0.15) is 18.4 Å². The second-order valence-corrected chi connectivity index (χ2v) is 7.57. The van der Waals surface area contributed by atoms with E-state index in [0.717, 1.165) is 4.57 Å². The summed E-state index contributed by atoms with van der Waals surface area (Å²) in [6.07, 6.45) is -4.34. The molecule has 2 aromatic rings. The zero-order valence-electron chi connectivity index (χ0n) is 14.2. The fourth-order valence-electron chi connectivity index (χ4n) is 3.35. The Bertz CT molecular complexity index is 958. The van der Waals surface area contributed by atoms with Gasteiger partial charge >= 0.3 is 12.1 Å². The Morgan fingerprint density at radius 1 is 1.39 bits per heavy atom. The third-order valence-electron chi connectivity index (χ3n) is 4.61. The van der Waals surface area contributed by atoms with Gasteiger partial charge in [0.1, 0.15) is 11.8 Å². The van der Waals surface area contributed by atoms with Crippen LogP contribution < -0.4 is 0 Å². The molecule has 1 unspecified atom stereocenters. The van der Waals surface area contributed by atoms with Crippen LogP contribution in [0.15, 0.2) is 28.7 Å². The zero-order chi connectivity index (χ0) is 20.7. The van der Waals surface area contributed by atoms with Gasteiger partial charge in [-0.05, 0) is 46.5 Å². The molecule has 1 aromatic heterocycles. The van der Waals surface area contributed by atoms with Crippen molar-refractivity contribution in [3.05, 3.63) is 45.0 Å². The minimum atomic E-state index is -4.83. The molecule has 1 aliphatic heterocycles. The van der Waals surface area contributed by atoms with Crippen molar-refractivity contribution in [3.8, 4) is 17.3 Å². The molecule has 5 nitrogen and oxygen atoms in total. The first-order valence-corrected chi connectivity index (χ1v) is 9.30. The Hall–Kier alpha value is -2.02. The smallest absolute Gasteiger partial charge is 0.432 e. The quantitative estimate of drug-likeness (QED) is 0.665. The number of hydrogen-bond acceptors (Lipinski definition) is 3. The molecule has 28 heavy (non-hydrogen) atoms. The van der Waals surface area contributed by atoms with E-state index in [-0.39, 0.29) is 24.3 Å². The number of carboxylic acids is 1. The van der Waals surface area contributed by atoms with E-state index in [1.165, 1.54) is 24.3 Å². The largest absolute Gasteiger partial charge is 0.479 e. The van der Waals surface area contributed by atoms with Crippen molar-refractivity contribution in [1.29, 1.82) is 5.26 Å². The van der Waals surface area contributed by atoms with Crippen LogP contribution in [0.1, 0.15) is 24.1 Å². The van der Waals surface area contributed by atoms with Gasteiger partial charge in [0.25, 0.3) is 0 Å². The molecule has 3 rings (SSSR count). The Labute approximate surface area is 171 Å². The molecule has 0 bridgehead atoms. The van der Waals surface area contributed by atoms with Crippen LogP contribution in [-0.4, -0.2) is 27.9 Å². The fraction of sp³-hybridized carbons (Fsp3) is 0.333. The van der Waals surface area contributed by atoms with Crippen LogP contribution in [0.25, 0.3) is 11.3 Å². The number of rotatable bonds is 4. The average molecular weight is 478 g/mol. The summed E-state index contributed by atoms with van der Waals surface area (Å²) >= 11 is 8.75. The van der Waals surface area contributed by atoms with Gasteiger partial charge in [0.05, 0.1) is 22.3 Å². The maximum Gasteiger partial charge on any atom is 0.432 e. The monoisotopic (exact) mass is 476 g/mol. The number of aromatic nitrogens is 1. The number of halogens is 5. The third kappa shape index (κ3) is 3.52. The molecule has 0 saturated carbocycles. The maximum atomic E-state index is 13.8. The van der Waals surface area contributed by atoms with E-state index < -0.39 is 34.5 Å². The van der Waals surface area contributed by atoms with E-state index in [1.54, 1.807) is 6.07 Å². The summed E-state index contributed by atoms with van der Waals surface area (Å²) in [5.41, 5.74) is -2.92. The minimum absolute atomic E-state index is 0.0468. The number of alkyl halides is 3. The van der Waals surface area contributed by atoms with Crippen molar-refractivity contribution in [1.82, 2.24) is 4.57 Å². The molecule has 1 saturated heterocycles. The molecule has 0 aliphatic carbocycles. The average Bonchev–Trinajstić information content (AvgIpc) is 3.19. The van der Waals surface area contributed by atoms with Crippen LogP contribution in [-0.2, 0) is 22.3 Å². The number of aliphatic carboxylic acids is 1. The molecule has 0 amide bonds. The molecule has 148 valence electrons. The third-order valence-corrected chi connectivity index (χ3v) is 5.63. The summed E-state index contributed by atoms with van der Waals surface area (Å²) in [7, 11) is 0. The van der Waals surface area contributed by atoms with Crippen molar-refractivity contribution in [2.45, 2.75) is 31.2 Å². The van der Waals surface area contributed by atoms with Crippen molar-refractivity contribution < 1.29 is 27.8 Å². The van der Waals surface area contributed by atoms with Gasteiger partial charge in [0.15, 0.2) is 5.60 Å². The summed E-state index contributed by atoms with van der Waals surface area (Å²) < 4.78 is 47.3. The first-order chi connectivity index (χ1) is 13.1. The summed E-state index contributed by atoms with van der Waals surface area (Å²) in [6.45, 7) is -0.451. The lowest BCUT2D eigenvalue weighted by atomic mass is 9.99. The van der Waals surface area contributed by atoms with Gasteiger partial charge in [-0.25, -0.2) is 4.79 Å². The van der Waals surface area contributed by atoms with Gasteiger partial charge in [-0.1, -0.05) is 23.7 Å². The molecule has 0 radical (unpaired) electrons. The predicted octanol–water partition coefficient (Wildman–Crippen LogP) is 5.10. The lowest BCUT2D eigenvalue weighted by molar-refractivity contribution is -0.164. The van der Waals surface area contributed by atoms with E-state index in [9.17, 15) is 28.3 Å². The Kier molecular flexibility index (Phi) is 5.49. The number of carboxylic acid groups (broad SMARTS) is 1. The molecule has 1 aliphatic rings. The molecule has 2 heterocycles. The van der Waals surface area contributed by atoms with E-state index in [2.05, 4.69) is 15.9 Å². The molecule has 1 atom stereocenters. The Morgan fingerprint density at radius 3 is 2.50 bits per heavy atom. The maximum absolute atomic E-state index is 13.8. The number of ether oxygens (including phenoxy) is 1. The molecular weight excluding hydrogens is 465 g/mol. The van der Waals surface area contributed by atoms with Crippen LogP contribution in [0.5, 0.6) is 0 Å². The SMILES string of the molecule is N#Cc1c(Br)c(C(F)(F)F)n(CC2(C(=O)O)CCCO2)c1-c1ccc(Cl)cc1. The van der Waals surface area contributed by atoms with Gasteiger partial charge in [0, 0.05) is 11.6 Å². The summed E-state index contributed by atoms with van der Waals surface area (Å²) in [6, 6.07) is 7.70. The first-order valence-electron chi connectivity index (χ1n) is 8.13. The number of carbonyl (C=O) groups is 1. The van der Waals surface area contributed by atoms with Crippen molar-refractivity contribution in [2.75, 3.05) is 6.61 Å². The standard InChI is InChI=1S/C18H13BrClF3N2O3/c19-13-12(8-24)14(10-2-4-11(20)5-3-10)25(15(13)18(21,22)23)9-17(16(26)27)6-1-7-28-17/h2-5H,1,6-7,9H2,(H,26,27). The molecule has 10 heteroatoms. The van der Waals surface area contributed by atoms with Crippen LogP contribution in [0.2, 0.25) is 5.02 Å². The highest BCUT2D eigenvalue weighted by atomic mass is 79.9. The summed E-state index contributed by atoms with van der Waals surface area (Å²) in [5.74, 6) is -1.34. The van der Waals surface area contributed by atoms with E-state index in [1.807, 2.05) is 0 Å². The van der Waals surface area contributed by atoms with Crippen LogP contribution in [0.3, 0.4) is 0 Å².